The molecule has 3 fully saturated rings. The molecule has 0 radical (unpaired) electrons. The van der Waals surface area contributed by atoms with E-state index in [1.165, 1.54) is 0 Å². The van der Waals surface area contributed by atoms with E-state index in [2.05, 4.69) is 20.2 Å². The number of aromatic nitrogens is 2. The minimum Gasteiger partial charge on any atom is -0.480 e. The van der Waals surface area contributed by atoms with Gasteiger partial charge in [0.05, 0.1) is 18.8 Å². The monoisotopic (exact) mass is 378 g/mol. The first-order chi connectivity index (χ1) is 13.1. The number of carbonyl (C=O) groups is 1. The van der Waals surface area contributed by atoms with Crippen molar-refractivity contribution in [1.29, 1.82) is 0 Å². The Morgan fingerprint density at radius 3 is 2.85 bits per heavy atom. The molecule has 1 aromatic heterocycles. The van der Waals surface area contributed by atoms with Crippen LogP contribution >= 0.6 is 0 Å². The van der Waals surface area contributed by atoms with Crippen molar-refractivity contribution in [3.05, 3.63) is 18.0 Å². The van der Waals surface area contributed by atoms with E-state index in [9.17, 15) is 9.90 Å². The Balaban J connectivity index is 1.47. The number of carboxylic acid groups (broad SMARTS) is 1. The first-order valence-corrected chi connectivity index (χ1v) is 9.45. The summed E-state index contributed by atoms with van der Waals surface area (Å²) in [6.07, 6.45) is 5.02. The van der Waals surface area contributed by atoms with E-state index in [1.54, 1.807) is 12.4 Å². The SMILES string of the molecule is O=C(O)CNc1ncc(CN2C[C@H]3COCC[C@@]3(O)[C@@H]3COCC[C@@H]32)cn1. The first kappa shape index (κ1) is 18.5. The molecule has 0 amide bonds. The summed E-state index contributed by atoms with van der Waals surface area (Å²) >= 11 is 0. The number of nitrogens with one attached hydrogen (secondary N) is 1. The maximum atomic E-state index is 11.3. The van der Waals surface area contributed by atoms with E-state index < -0.39 is 11.6 Å². The van der Waals surface area contributed by atoms with E-state index in [0.29, 0.717) is 45.3 Å². The second kappa shape index (κ2) is 7.67. The van der Waals surface area contributed by atoms with E-state index in [0.717, 1.165) is 18.5 Å². The van der Waals surface area contributed by atoms with Crippen LogP contribution in [0.15, 0.2) is 12.4 Å². The molecule has 0 saturated carbocycles. The molecule has 0 aliphatic carbocycles. The fourth-order valence-corrected chi connectivity index (χ4v) is 4.67. The molecule has 3 aliphatic rings. The van der Waals surface area contributed by atoms with Gasteiger partial charge in [-0.25, -0.2) is 9.97 Å². The second-order valence-electron chi connectivity index (χ2n) is 7.64. The van der Waals surface area contributed by atoms with Gasteiger partial charge in [-0.05, 0) is 6.42 Å². The van der Waals surface area contributed by atoms with Gasteiger partial charge in [-0.2, -0.15) is 0 Å². The molecule has 27 heavy (non-hydrogen) atoms. The van der Waals surface area contributed by atoms with Gasteiger partial charge in [0.15, 0.2) is 0 Å². The van der Waals surface area contributed by atoms with Gasteiger partial charge in [-0.15, -0.1) is 0 Å². The molecule has 0 spiro atoms. The van der Waals surface area contributed by atoms with Crippen LogP contribution in [0.3, 0.4) is 0 Å². The maximum Gasteiger partial charge on any atom is 0.322 e. The summed E-state index contributed by atoms with van der Waals surface area (Å²) in [5.74, 6) is -0.486. The summed E-state index contributed by atoms with van der Waals surface area (Å²) in [4.78, 5) is 21.4. The van der Waals surface area contributed by atoms with Crippen LogP contribution in [0.25, 0.3) is 0 Å². The van der Waals surface area contributed by atoms with Gasteiger partial charge in [0.1, 0.15) is 6.54 Å². The molecule has 3 N–H and O–H groups in total. The third-order valence-electron chi connectivity index (χ3n) is 6.05. The number of nitrogens with zero attached hydrogens (tertiary/aromatic N) is 3. The number of rotatable bonds is 5. The minimum absolute atomic E-state index is 0.0756. The fourth-order valence-electron chi connectivity index (χ4n) is 4.67. The molecule has 9 heteroatoms. The van der Waals surface area contributed by atoms with Gasteiger partial charge in [0.25, 0.3) is 0 Å². The number of carboxylic acids is 1. The number of likely N-dealkylation sites (tertiary alicyclic amines) is 1. The lowest BCUT2D eigenvalue weighted by Crippen LogP contribution is -2.67. The van der Waals surface area contributed by atoms with Crippen molar-refractivity contribution in [3.63, 3.8) is 0 Å². The second-order valence-corrected chi connectivity index (χ2v) is 7.64. The number of aliphatic hydroxyl groups is 1. The third-order valence-corrected chi connectivity index (χ3v) is 6.05. The van der Waals surface area contributed by atoms with Crippen molar-refractivity contribution >= 4 is 11.9 Å². The molecule has 4 atom stereocenters. The fraction of sp³-hybridized carbons (Fsp3) is 0.722. The molecule has 0 aromatic carbocycles. The molecule has 9 nitrogen and oxygen atoms in total. The Bertz CT molecular complexity index is 672. The van der Waals surface area contributed by atoms with Gasteiger partial charge >= 0.3 is 5.97 Å². The number of ether oxygens (including phenoxy) is 2. The first-order valence-electron chi connectivity index (χ1n) is 9.45. The van der Waals surface area contributed by atoms with Crippen LogP contribution in [0.2, 0.25) is 0 Å². The summed E-state index contributed by atoms with van der Waals surface area (Å²) < 4.78 is 11.3. The van der Waals surface area contributed by atoms with Crippen LogP contribution in [0.5, 0.6) is 0 Å². The highest BCUT2D eigenvalue weighted by molar-refractivity contribution is 5.71. The highest BCUT2D eigenvalue weighted by atomic mass is 16.5. The van der Waals surface area contributed by atoms with E-state index in [-0.39, 0.29) is 24.4 Å². The average molecular weight is 378 g/mol. The molecule has 4 heterocycles. The predicted molar refractivity (Wildman–Crippen MR) is 95.2 cm³/mol. The molecule has 3 aliphatic heterocycles. The van der Waals surface area contributed by atoms with Crippen LogP contribution < -0.4 is 5.32 Å². The number of piperidine rings is 1. The summed E-state index contributed by atoms with van der Waals surface area (Å²) in [7, 11) is 0. The normalized spacial score (nSPS) is 33.7. The molecular weight excluding hydrogens is 352 g/mol. The number of fused-ring (bicyclic) bond motifs is 3. The number of aliphatic carboxylic acids is 1. The van der Waals surface area contributed by atoms with Crippen molar-refractivity contribution in [3.8, 4) is 0 Å². The third kappa shape index (κ3) is 3.77. The number of hydrogen-bond donors (Lipinski definition) is 3. The Hall–Kier alpha value is -1.81. The molecule has 1 aromatic rings. The Morgan fingerprint density at radius 2 is 2.07 bits per heavy atom. The summed E-state index contributed by atoms with van der Waals surface area (Å²) in [5, 5.41) is 22.7. The largest absolute Gasteiger partial charge is 0.480 e. The van der Waals surface area contributed by atoms with Crippen molar-refractivity contribution in [2.24, 2.45) is 11.8 Å². The lowest BCUT2D eigenvalue weighted by atomic mass is 9.66. The zero-order chi connectivity index (χ0) is 18.9. The summed E-state index contributed by atoms with van der Waals surface area (Å²) in [6, 6.07) is 0.267. The molecule has 0 bridgehead atoms. The molecule has 148 valence electrons. The standard InChI is InChI=1S/C18H26N4O5/c23-16(24)7-21-17-19-5-12(6-20-17)8-22-9-13-10-27-4-2-18(13,25)14-11-26-3-1-15(14)22/h5-6,13-15,25H,1-4,7-11H2,(H,23,24)(H,19,20,21)/t13-,14+,15-,18-/m0/s1. The topological polar surface area (TPSA) is 117 Å². The smallest absolute Gasteiger partial charge is 0.322 e. The minimum atomic E-state index is -0.955. The Morgan fingerprint density at radius 1 is 1.30 bits per heavy atom. The van der Waals surface area contributed by atoms with Crippen LogP contribution in [-0.4, -0.2) is 82.2 Å². The van der Waals surface area contributed by atoms with E-state index in [1.807, 2.05) is 0 Å². The van der Waals surface area contributed by atoms with Crippen LogP contribution in [0.4, 0.5) is 5.95 Å². The van der Waals surface area contributed by atoms with Crippen LogP contribution in [0, 0.1) is 11.8 Å². The van der Waals surface area contributed by atoms with Crippen molar-refractivity contribution in [2.45, 2.75) is 31.0 Å². The highest BCUT2D eigenvalue weighted by Gasteiger charge is 2.55. The summed E-state index contributed by atoms with van der Waals surface area (Å²) in [6.45, 7) is 3.73. The van der Waals surface area contributed by atoms with Gasteiger partial charge in [0, 0.05) is 68.6 Å². The van der Waals surface area contributed by atoms with Crippen molar-refractivity contribution in [2.75, 3.05) is 44.8 Å². The van der Waals surface area contributed by atoms with Crippen molar-refractivity contribution < 1.29 is 24.5 Å². The van der Waals surface area contributed by atoms with Crippen molar-refractivity contribution in [1.82, 2.24) is 14.9 Å². The lowest BCUT2D eigenvalue weighted by molar-refractivity contribution is -0.221. The lowest BCUT2D eigenvalue weighted by Gasteiger charge is -2.57. The Labute approximate surface area is 157 Å². The molecule has 0 unspecified atom stereocenters. The predicted octanol–water partition coefficient (Wildman–Crippen LogP) is -0.0386. The average Bonchev–Trinajstić information content (AvgIpc) is 2.68. The number of anilines is 1. The summed E-state index contributed by atoms with van der Waals surface area (Å²) in [5.41, 5.74) is 0.254. The quantitative estimate of drug-likeness (QED) is 0.649. The van der Waals surface area contributed by atoms with E-state index in [4.69, 9.17) is 14.6 Å². The highest BCUT2D eigenvalue weighted by Crippen LogP contribution is 2.44. The Kier molecular flexibility index (Phi) is 5.27. The molecule has 4 rings (SSSR count). The van der Waals surface area contributed by atoms with Gasteiger partial charge in [-0.1, -0.05) is 0 Å². The van der Waals surface area contributed by atoms with E-state index >= 15 is 0 Å². The van der Waals surface area contributed by atoms with Crippen LogP contribution in [0.1, 0.15) is 18.4 Å². The van der Waals surface area contributed by atoms with Gasteiger partial charge in [0.2, 0.25) is 5.95 Å². The molecular formula is C18H26N4O5. The zero-order valence-electron chi connectivity index (χ0n) is 15.2. The number of hydrogen-bond acceptors (Lipinski definition) is 8. The van der Waals surface area contributed by atoms with Gasteiger partial charge in [-0.3, -0.25) is 9.69 Å². The zero-order valence-corrected chi connectivity index (χ0v) is 15.2. The van der Waals surface area contributed by atoms with Crippen LogP contribution in [-0.2, 0) is 20.8 Å². The maximum absolute atomic E-state index is 11.3. The molecule has 3 saturated heterocycles. The van der Waals surface area contributed by atoms with Gasteiger partial charge < -0.3 is 25.0 Å².